The molecule has 4 aromatic rings. The van der Waals surface area contributed by atoms with Crippen molar-refractivity contribution in [3.8, 4) is 0 Å². The number of ether oxygens (including phenoxy) is 2. The number of pyridine rings is 1. The minimum atomic E-state index is -0.949. The zero-order chi connectivity index (χ0) is 30.2. The summed E-state index contributed by atoms with van der Waals surface area (Å²) in [6, 6.07) is 8.04. The number of aryl methyl sites for hydroxylation is 2. The van der Waals surface area contributed by atoms with E-state index in [0.717, 1.165) is 10.5 Å². The Morgan fingerprint density at radius 1 is 1.05 bits per heavy atom. The highest BCUT2D eigenvalue weighted by atomic mass is 16.7. The van der Waals surface area contributed by atoms with Crippen LogP contribution < -0.4 is 10.6 Å². The molecule has 0 bridgehead atoms. The molecule has 0 aliphatic heterocycles. The number of fused-ring (bicyclic) bond motifs is 1. The molecule has 0 aliphatic rings. The number of hydrogen-bond acceptors (Lipinski definition) is 10. The lowest BCUT2D eigenvalue weighted by Crippen LogP contribution is -2.38. The van der Waals surface area contributed by atoms with Gasteiger partial charge in [0.05, 0.1) is 11.1 Å². The maximum absolute atomic E-state index is 13.4. The molecule has 0 spiro atoms. The first kappa shape index (κ1) is 29.6. The SMILES string of the molecule is CCCN(C(=O)OCOC(=O)c1cccnc1)C(=O)c1ccc(C)c(Nc2ncnn3cc(C(=O)NCC)c(C)c23)c1. The lowest BCUT2D eigenvalue weighted by atomic mass is 10.1. The largest absolute Gasteiger partial charge is 0.424 e. The highest BCUT2D eigenvalue weighted by Crippen LogP contribution is 2.28. The van der Waals surface area contributed by atoms with E-state index in [1.54, 1.807) is 35.0 Å². The summed E-state index contributed by atoms with van der Waals surface area (Å²) >= 11 is 0. The fourth-order valence-electron chi connectivity index (χ4n) is 4.19. The van der Waals surface area contributed by atoms with E-state index >= 15 is 0 Å². The minimum absolute atomic E-state index is 0.0866. The molecule has 3 amide bonds. The smallest absolute Gasteiger partial charge is 0.419 e. The second kappa shape index (κ2) is 13.4. The quantitative estimate of drug-likeness (QED) is 0.210. The third-order valence-corrected chi connectivity index (χ3v) is 6.33. The molecule has 0 unspecified atom stereocenters. The van der Waals surface area contributed by atoms with Gasteiger partial charge < -0.3 is 20.1 Å². The molecule has 4 rings (SSSR count). The van der Waals surface area contributed by atoms with Gasteiger partial charge in [-0.3, -0.25) is 14.6 Å². The number of nitrogens with zero attached hydrogens (tertiary/aromatic N) is 5. The molecule has 218 valence electrons. The molecule has 0 saturated heterocycles. The Balaban J connectivity index is 1.52. The molecule has 2 N–H and O–H groups in total. The Hall–Kier alpha value is -5.33. The van der Waals surface area contributed by atoms with Crippen LogP contribution in [-0.4, -0.2) is 68.2 Å². The Morgan fingerprint density at radius 3 is 2.57 bits per heavy atom. The van der Waals surface area contributed by atoms with E-state index in [9.17, 15) is 19.2 Å². The summed E-state index contributed by atoms with van der Waals surface area (Å²) in [6.07, 6.45) is 5.37. The number of amides is 3. The Kier molecular flexibility index (Phi) is 9.42. The Bertz CT molecular complexity index is 1620. The monoisotopic (exact) mass is 573 g/mol. The van der Waals surface area contributed by atoms with Crippen LogP contribution in [0.2, 0.25) is 0 Å². The first-order valence-corrected chi connectivity index (χ1v) is 13.3. The second-order valence-corrected chi connectivity index (χ2v) is 9.24. The van der Waals surface area contributed by atoms with Crippen molar-refractivity contribution in [2.24, 2.45) is 0 Å². The third kappa shape index (κ3) is 6.52. The Morgan fingerprint density at radius 2 is 1.86 bits per heavy atom. The van der Waals surface area contributed by atoms with Gasteiger partial charge in [-0.2, -0.15) is 5.10 Å². The van der Waals surface area contributed by atoms with Crippen LogP contribution in [0.15, 0.2) is 55.2 Å². The predicted octanol–water partition coefficient (Wildman–Crippen LogP) is 4.04. The Labute approximate surface area is 241 Å². The molecule has 13 heteroatoms. The minimum Gasteiger partial charge on any atom is -0.424 e. The van der Waals surface area contributed by atoms with Crippen molar-refractivity contribution in [1.82, 2.24) is 29.8 Å². The van der Waals surface area contributed by atoms with Crippen LogP contribution in [-0.2, 0) is 9.47 Å². The zero-order valence-corrected chi connectivity index (χ0v) is 23.7. The first-order chi connectivity index (χ1) is 20.2. The molecular formula is C29H31N7O6. The fraction of sp³-hybridized carbons (Fsp3) is 0.276. The van der Waals surface area contributed by atoms with Gasteiger partial charge in [-0.25, -0.2) is 24.0 Å². The number of aromatic nitrogens is 4. The lowest BCUT2D eigenvalue weighted by molar-refractivity contribution is -0.0105. The standard InChI is InChI=1S/C29H31N7O6/c1-5-12-35(29(40)42-17-41-28(39)21-8-7-11-30-14-21)27(38)20-10-9-18(3)23(13-20)34-25-24-19(4)22(26(37)31-6-2)15-36(24)33-16-32-25/h7-11,13-16H,5-6,12,17H2,1-4H3,(H,31,37)(H,32,33,34). The van der Waals surface area contributed by atoms with Crippen LogP contribution >= 0.6 is 0 Å². The highest BCUT2D eigenvalue weighted by Gasteiger charge is 2.25. The van der Waals surface area contributed by atoms with Crippen LogP contribution in [0.3, 0.4) is 0 Å². The fourth-order valence-corrected chi connectivity index (χ4v) is 4.19. The van der Waals surface area contributed by atoms with Gasteiger partial charge in [0.1, 0.15) is 11.8 Å². The summed E-state index contributed by atoms with van der Waals surface area (Å²) in [6.45, 7) is 7.22. The van der Waals surface area contributed by atoms with Crippen LogP contribution in [0, 0.1) is 13.8 Å². The van der Waals surface area contributed by atoms with Crippen LogP contribution in [0.5, 0.6) is 0 Å². The molecule has 1 aromatic carbocycles. The van der Waals surface area contributed by atoms with E-state index in [2.05, 4.69) is 25.7 Å². The topological polar surface area (TPSA) is 157 Å². The van der Waals surface area contributed by atoms with Crippen molar-refractivity contribution in [1.29, 1.82) is 0 Å². The number of benzene rings is 1. The summed E-state index contributed by atoms with van der Waals surface area (Å²) in [5.41, 5.74) is 3.57. The number of carbonyl (C=O) groups excluding carboxylic acids is 4. The van der Waals surface area contributed by atoms with E-state index < -0.39 is 24.8 Å². The number of imide groups is 1. The van der Waals surface area contributed by atoms with Crippen molar-refractivity contribution in [3.63, 3.8) is 0 Å². The summed E-state index contributed by atoms with van der Waals surface area (Å²) in [5.74, 6) is -1.08. The molecule has 13 nitrogen and oxygen atoms in total. The van der Waals surface area contributed by atoms with E-state index in [-0.39, 0.29) is 23.6 Å². The maximum Gasteiger partial charge on any atom is 0.419 e. The average molecular weight is 574 g/mol. The molecule has 3 aromatic heterocycles. The van der Waals surface area contributed by atoms with Gasteiger partial charge in [0.15, 0.2) is 5.82 Å². The third-order valence-electron chi connectivity index (χ3n) is 6.33. The van der Waals surface area contributed by atoms with E-state index in [4.69, 9.17) is 9.47 Å². The average Bonchev–Trinajstić information content (AvgIpc) is 3.34. The van der Waals surface area contributed by atoms with Crippen LogP contribution in [0.1, 0.15) is 62.5 Å². The first-order valence-electron chi connectivity index (χ1n) is 13.3. The van der Waals surface area contributed by atoms with Crippen molar-refractivity contribution in [3.05, 3.63) is 83.1 Å². The van der Waals surface area contributed by atoms with Gasteiger partial charge in [0, 0.05) is 42.9 Å². The van der Waals surface area contributed by atoms with E-state index in [1.165, 1.54) is 24.8 Å². The molecule has 0 radical (unpaired) electrons. The van der Waals surface area contributed by atoms with Crippen LogP contribution in [0.25, 0.3) is 5.52 Å². The van der Waals surface area contributed by atoms with Gasteiger partial charge >= 0.3 is 12.1 Å². The molecule has 0 fully saturated rings. The molecule has 3 heterocycles. The van der Waals surface area contributed by atoms with Gasteiger partial charge in [0.2, 0.25) is 6.79 Å². The lowest BCUT2D eigenvalue weighted by Gasteiger charge is -2.20. The van der Waals surface area contributed by atoms with Crippen molar-refractivity contribution in [2.45, 2.75) is 34.1 Å². The van der Waals surface area contributed by atoms with E-state index in [0.29, 0.717) is 41.1 Å². The summed E-state index contributed by atoms with van der Waals surface area (Å²) in [7, 11) is 0. The number of esters is 1. The second-order valence-electron chi connectivity index (χ2n) is 9.24. The summed E-state index contributed by atoms with van der Waals surface area (Å²) in [4.78, 5) is 60.0. The van der Waals surface area contributed by atoms with E-state index in [1.807, 2.05) is 27.7 Å². The van der Waals surface area contributed by atoms with Crippen LogP contribution in [0.4, 0.5) is 16.3 Å². The van der Waals surface area contributed by atoms with Gasteiger partial charge in [-0.05, 0) is 62.6 Å². The highest BCUT2D eigenvalue weighted by molar-refractivity contribution is 6.04. The normalized spacial score (nSPS) is 10.7. The molecule has 42 heavy (non-hydrogen) atoms. The van der Waals surface area contributed by atoms with Gasteiger partial charge in [-0.1, -0.05) is 13.0 Å². The number of rotatable bonds is 10. The summed E-state index contributed by atoms with van der Waals surface area (Å²) < 4.78 is 11.6. The van der Waals surface area contributed by atoms with Crippen molar-refractivity contribution < 1.29 is 28.7 Å². The number of carbonyl (C=O) groups is 4. The van der Waals surface area contributed by atoms with Crippen molar-refractivity contribution >= 4 is 40.9 Å². The predicted molar refractivity (Wildman–Crippen MR) is 153 cm³/mol. The molecule has 0 aliphatic carbocycles. The number of nitrogens with one attached hydrogen (secondary N) is 2. The van der Waals surface area contributed by atoms with Gasteiger partial charge in [-0.15, -0.1) is 0 Å². The number of anilines is 2. The molecule has 0 atom stereocenters. The molecular weight excluding hydrogens is 542 g/mol. The van der Waals surface area contributed by atoms with Crippen molar-refractivity contribution in [2.75, 3.05) is 25.2 Å². The van der Waals surface area contributed by atoms with Gasteiger partial charge in [0.25, 0.3) is 11.8 Å². The summed E-state index contributed by atoms with van der Waals surface area (Å²) in [5, 5.41) is 10.3. The molecule has 0 saturated carbocycles. The number of hydrogen-bond donors (Lipinski definition) is 2. The zero-order valence-electron chi connectivity index (χ0n) is 23.7. The maximum atomic E-state index is 13.4.